The van der Waals surface area contributed by atoms with Gasteiger partial charge in [-0.1, -0.05) is 26.0 Å². The molecule has 0 aliphatic carbocycles. The van der Waals surface area contributed by atoms with E-state index in [4.69, 9.17) is 19.2 Å². The van der Waals surface area contributed by atoms with Crippen molar-refractivity contribution in [3.05, 3.63) is 85.7 Å². The zero-order chi connectivity index (χ0) is 32.1. The average molecular weight is 603 g/mol. The molecule has 4 rings (SSSR count). The van der Waals surface area contributed by atoms with Crippen molar-refractivity contribution in [3.8, 4) is 28.6 Å². The molecule has 1 heterocycles. The second-order valence-electron chi connectivity index (χ2n) is 10.2. The van der Waals surface area contributed by atoms with Crippen molar-refractivity contribution in [2.75, 3.05) is 20.8 Å². The van der Waals surface area contributed by atoms with Crippen LogP contribution in [0.25, 0.3) is 22.3 Å². The molecule has 0 bridgehead atoms. The van der Waals surface area contributed by atoms with E-state index in [2.05, 4.69) is 9.84 Å². The number of nitro benzene ring substituents is 1. The molecule has 3 aromatic carbocycles. The van der Waals surface area contributed by atoms with Crippen LogP contribution in [-0.4, -0.2) is 53.7 Å². The summed E-state index contributed by atoms with van der Waals surface area (Å²) in [6.45, 7) is 9.25. The lowest BCUT2D eigenvalue weighted by Crippen LogP contribution is -2.25. The zero-order valence-corrected chi connectivity index (χ0v) is 25.6. The van der Waals surface area contributed by atoms with Crippen molar-refractivity contribution in [3.63, 3.8) is 0 Å². The van der Waals surface area contributed by atoms with Crippen LogP contribution in [0.2, 0.25) is 0 Å². The minimum atomic E-state index is -1.13. The molecule has 44 heavy (non-hydrogen) atoms. The Morgan fingerprint density at radius 1 is 1.11 bits per heavy atom. The normalized spacial score (nSPS) is 12.0. The first-order valence-electron chi connectivity index (χ1n) is 13.9. The third-order valence-corrected chi connectivity index (χ3v) is 6.90. The number of hydrogen-bond donors (Lipinski definition) is 0. The third kappa shape index (κ3) is 6.38. The SMILES string of the molecule is CCOc1cc(C=Nn2c(-c3cc(C(C)C)c(OC)cc3C)nc3ccccc3c2=O)cc([N+](=O)[O-])c1O[C@H](C)C(=O)OC. The monoisotopic (exact) mass is 602 g/mol. The molecule has 12 nitrogen and oxygen atoms in total. The number of hydrogen-bond acceptors (Lipinski definition) is 10. The highest BCUT2D eigenvalue weighted by molar-refractivity contribution is 5.85. The summed E-state index contributed by atoms with van der Waals surface area (Å²) in [6.07, 6.45) is 0.178. The van der Waals surface area contributed by atoms with Crippen LogP contribution in [0.5, 0.6) is 17.2 Å². The van der Waals surface area contributed by atoms with Crippen LogP contribution in [0, 0.1) is 17.0 Å². The Morgan fingerprint density at radius 2 is 1.84 bits per heavy atom. The summed E-state index contributed by atoms with van der Waals surface area (Å²) in [5, 5.41) is 16.9. The standard InChI is InChI=1S/C32H34N4O8/c1-8-43-28-15-21(14-26(36(39)40)29(28)44-20(5)32(38)42-7)17-33-35-30(34-25-12-10-9-11-22(25)31(35)37)24-16-23(18(2)3)27(41-6)13-19(24)4/h9-18,20H,8H2,1-7H3/t20-/m1/s1. The molecule has 0 saturated carbocycles. The smallest absolute Gasteiger partial charge is 0.346 e. The molecule has 0 aliphatic heterocycles. The van der Waals surface area contributed by atoms with E-state index in [9.17, 15) is 19.7 Å². The van der Waals surface area contributed by atoms with Crippen LogP contribution in [-0.2, 0) is 9.53 Å². The largest absolute Gasteiger partial charge is 0.496 e. The van der Waals surface area contributed by atoms with Crippen molar-refractivity contribution in [2.24, 2.45) is 5.10 Å². The quantitative estimate of drug-likeness (QED) is 0.0922. The number of methoxy groups -OCH3 is 2. The molecule has 4 aromatic rings. The van der Waals surface area contributed by atoms with Crippen LogP contribution in [0.15, 0.2) is 58.4 Å². The highest BCUT2D eigenvalue weighted by Crippen LogP contribution is 2.39. The fraction of sp³-hybridized carbons (Fsp3) is 0.312. The van der Waals surface area contributed by atoms with Gasteiger partial charge in [0, 0.05) is 17.2 Å². The number of para-hydroxylation sites is 1. The number of nitro groups is 1. The van der Waals surface area contributed by atoms with E-state index in [0.29, 0.717) is 22.3 Å². The van der Waals surface area contributed by atoms with Crippen molar-refractivity contribution in [1.29, 1.82) is 0 Å². The van der Waals surface area contributed by atoms with Gasteiger partial charge in [0.05, 0.1) is 42.9 Å². The van der Waals surface area contributed by atoms with Gasteiger partial charge in [-0.15, -0.1) is 0 Å². The van der Waals surface area contributed by atoms with E-state index in [-0.39, 0.29) is 29.6 Å². The molecule has 0 saturated heterocycles. The molecular formula is C32H34N4O8. The first kappa shape index (κ1) is 31.7. The van der Waals surface area contributed by atoms with Crippen LogP contribution in [0.1, 0.15) is 50.3 Å². The summed E-state index contributed by atoms with van der Waals surface area (Å²) in [7, 11) is 2.80. The Kier molecular flexibility index (Phi) is 9.62. The number of aryl methyl sites for hydroxylation is 1. The Labute approximate surface area is 254 Å². The number of rotatable bonds is 11. The minimum Gasteiger partial charge on any atom is -0.496 e. The number of ether oxygens (including phenoxy) is 4. The lowest BCUT2D eigenvalue weighted by atomic mass is 9.96. The van der Waals surface area contributed by atoms with Gasteiger partial charge in [-0.05, 0) is 68.1 Å². The maximum atomic E-state index is 13.8. The topological polar surface area (TPSA) is 144 Å². The van der Waals surface area contributed by atoms with Crippen LogP contribution >= 0.6 is 0 Å². The van der Waals surface area contributed by atoms with Gasteiger partial charge in [-0.3, -0.25) is 14.9 Å². The predicted molar refractivity (Wildman–Crippen MR) is 166 cm³/mol. The summed E-state index contributed by atoms with van der Waals surface area (Å²) in [5.74, 6) is 0.214. The van der Waals surface area contributed by atoms with Gasteiger partial charge in [0.15, 0.2) is 17.7 Å². The van der Waals surface area contributed by atoms with Crippen LogP contribution in [0.3, 0.4) is 0 Å². The maximum Gasteiger partial charge on any atom is 0.346 e. The molecule has 1 aromatic heterocycles. The van der Waals surface area contributed by atoms with Gasteiger partial charge in [0.25, 0.3) is 5.56 Å². The Bertz CT molecular complexity index is 1810. The minimum absolute atomic E-state index is 0.0238. The van der Waals surface area contributed by atoms with Gasteiger partial charge in [0.2, 0.25) is 5.75 Å². The van der Waals surface area contributed by atoms with Crippen LogP contribution < -0.4 is 19.8 Å². The second-order valence-corrected chi connectivity index (χ2v) is 10.2. The summed E-state index contributed by atoms with van der Waals surface area (Å²) < 4.78 is 22.7. The van der Waals surface area contributed by atoms with Crippen molar-refractivity contribution < 1.29 is 28.7 Å². The molecule has 230 valence electrons. The summed E-state index contributed by atoms with van der Waals surface area (Å²) in [4.78, 5) is 42.0. The lowest BCUT2D eigenvalue weighted by Gasteiger charge is -2.17. The Morgan fingerprint density at radius 3 is 2.48 bits per heavy atom. The Hall–Kier alpha value is -5.26. The summed E-state index contributed by atoms with van der Waals surface area (Å²) in [5.41, 5.74) is 2.29. The third-order valence-electron chi connectivity index (χ3n) is 6.90. The molecular weight excluding hydrogens is 568 g/mol. The molecule has 0 aliphatic rings. The number of fused-ring (bicyclic) bond motifs is 1. The van der Waals surface area contributed by atoms with E-state index < -0.39 is 28.2 Å². The number of esters is 1. The molecule has 0 spiro atoms. The van der Waals surface area contributed by atoms with Crippen LogP contribution in [0.4, 0.5) is 5.69 Å². The summed E-state index contributed by atoms with van der Waals surface area (Å²) >= 11 is 0. The lowest BCUT2D eigenvalue weighted by molar-refractivity contribution is -0.386. The first-order valence-corrected chi connectivity index (χ1v) is 13.9. The molecule has 0 radical (unpaired) electrons. The molecule has 12 heteroatoms. The predicted octanol–water partition coefficient (Wildman–Crippen LogP) is 5.63. The number of carbonyl (C=O) groups excluding carboxylic acids is 1. The first-order chi connectivity index (χ1) is 21.0. The number of benzene rings is 3. The highest BCUT2D eigenvalue weighted by atomic mass is 16.6. The molecule has 0 fully saturated rings. The zero-order valence-electron chi connectivity index (χ0n) is 25.6. The van der Waals surface area contributed by atoms with Crippen molar-refractivity contribution in [1.82, 2.24) is 9.66 Å². The van der Waals surface area contributed by atoms with E-state index in [0.717, 1.165) is 16.9 Å². The van der Waals surface area contributed by atoms with Gasteiger partial charge in [-0.25, -0.2) is 9.78 Å². The highest BCUT2D eigenvalue weighted by Gasteiger charge is 2.27. The summed E-state index contributed by atoms with van der Waals surface area (Å²) in [6, 6.07) is 13.5. The fourth-order valence-corrected chi connectivity index (χ4v) is 4.69. The number of aromatic nitrogens is 2. The van der Waals surface area contributed by atoms with E-state index in [1.807, 2.05) is 32.9 Å². The van der Waals surface area contributed by atoms with Gasteiger partial charge in [-0.2, -0.15) is 9.78 Å². The Balaban J connectivity index is 1.93. The molecule has 0 N–H and O–H groups in total. The van der Waals surface area contributed by atoms with Gasteiger partial charge in [0.1, 0.15) is 5.75 Å². The fourth-order valence-electron chi connectivity index (χ4n) is 4.69. The van der Waals surface area contributed by atoms with E-state index >= 15 is 0 Å². The number of nitrogens with zero attached hydrogens (tertiary/aromatic N) is 4. The van der Waals surface area contributed by atoms with E-state index in [1.165, 1.54) is 37.1 Å². The molecule has 0 amide bonds. The van der Waals surface area contributed by atoms with Crippen molar-refractivity contribution in [2.45, 2.75) is 46.6 Å². The maximum absolute atomic E-state index is 13.8. The van der Waals surface area contributed by atoms with Gasteiger partial charge < -0.3 is 18.9 Å². The van der Waals surface area contributed by atoms with Gasteiger partial charge >= 0.3 is 11.7 Å². The van der Waals surface area contributed by atoms with E-state index in [1.54, 1.807) is 38.3 Å². The molecule has 1 atom stereocenters. The van der Waals surface area contributed by atoms with Crippen molar-refractivity contribution >= 4 is 28.8 Å². The number of carbonyl (C=O) groups is 1. The second kappa shape index (κ2) is 13.4. The molecule has 0 unspecified atom stereocenters. The average Bonchev–Trinajstić information content (AvgIpc) is 3.00.